The number of ether oxygens (including phenoxy) is 2. The van der Waals surface area contributed by atoms with Crippen LogP contribution in [0.15, 0.2) is 64.9 Å². The molecule has 1 heterocycles. The Balaban J connectivity index is 2.01. The zero-order valence-corrected chi connectivity index (χ0v) is 14.8. The van der Waals surface area contributed by atoms with Gasteiger partial charge in [0, 0.05) is 11.0 Å². The Labute approximate surface area is 145 Å². The first-order valence-corrected chi connectivity index (χ1v) is 9.90. The third-order valence-electron chi connectivity index (χ3n) is 3.59. The summed E-state index contributed by atoms with van der Waals surface area (Å²) in [7, 11) is -3.70. The Morgan fingerprint density at radius 1 is 1.17 bits per heavy atom. The first kappa shape index (κ1) is 16.7. The highest BCUT2D eigenvalue weighted by Gasteiger charge is 2.26. The standard InChI is InChI=1S/C17H17NO4S2/c1-3-10-18(13-4-9-16-17(11-13)22-12-21-16)24(19,20)15-7-5-14(23-2)6-8-15/h3-9,11H,1,10,12H2,2H3. The van der Waals surface area contributed by atoms with Gasteiger partial charge < -0.3 is 9.47 Å². The van der Waals surface area contributed by atoms with Gasteiger partial charge in [0.25, 0.3) is 10.0 Å². The summed E-state index contributed by atoms with van der Waals surface area (Å²) in [5.74, 6) is 1.15. The fraction of sp³-hybridized carbons (Fsp3) is 0.176. The molecule has 2 aromatic rings. The Kier molecular flexibility index (Phi) is 4.73. The number of anilines is 1. The quantitative estimate of drug-likeness (QED) is 0.581. The molecule has 1 aliphatic rings. The van der Waals surface area contributed by atoms with Gasteiger partial charge in [0.05, 0.1) is 17.1 Å². The van der Waals surface area contributed by atoms with E-state index in [4.69, 9.17) is 9.47 Å². The number of nitrogens with zero attached hydrogens (tertiary/aromatic N) is 1. The third kappa shape index (κ3) is 3.09. The van der Waals surface area contributed by atoms with Gasteiger partial charge in [-0.2, -0.15) is 0 Å². The van der Waals surface area contributed by atoms with Crippen LogP contribution in [-0.4, -0.2) is 28.0 Å². The van der Waals surface area contributed by atoms with Gasteiger partial charge in [-0.3, -0.25) is 4.31 Å². The molecule has 0 unspecified atom stereocenters. The van der Waals surface area contributed by atoms with Gasteiger partial charge in [-0.1, -0.05) is 6.08 Å². The summed E-state index contributed by atoms with van der Waals surface area (Å²) in [5, 5.41) is 0. The zero-order valence-electron chi connectivity index (χ0n) is 13.1. The summed E-state index contributed by atoms with van der Waals surface area (Å²) in [4.78, 5) is 1.24. The van der Waals surface area contributed by atoms with Crippen molar-refractivity contribution in [1.29, 1.82) is 0 Å². The fourth-order valence-electron chi connectivity index (χ4n) is 2.37. The number of hydrogen-bond donors (Lipinski definition) is 0. The SMILES string of the molecule is C=CCN(c1ccc2c(c1)OCO2)S(=O)(=O)c1ccc(SC)cc1. The highest BCUT2D eigenvalue weighted by molar-refractivity contribution is 7.98. The van der Waals surface area contributed by atoms with Gasteiger partial charge in [-0.05, 0) is 42.7 Å². The number of hydrogen-bond acceptors (Lipinski definition) is 5. The second-order valence-corrected chi connectivity index (χ2v) is 7.78. The number of fused-ring (bicyclic) bond motifs is 1. The van der Waals surface area contributed by atoms with E-state index in [0.29, 0.717) is 17.2 Å². The van der Waals surface area contributed by atoms with Crippen LogP contribution >= 0.6 is 11.8 Å². The molecule has 0 saturated carbocycles. The number of rotatable bonds is 6. The van der Waals surface area contributed by atoms with E-state index in [1.54, 1.807) is 60.3 Å². The molecular formula is C17H17NO4S2. The van der Waals surface area contributed by atoms with E-state index in [-0.39, 0.29) is 18.2 Å². The Morgan fingerprint density at radius 2 is 1.88 bits per heavy atom. The number of benzene rings is 2. The predicted molar refractivity (Wildman–Crippen MR) is 95.5 cm³/mol. The maximum absolute atomic E-state index is 13.0. The minimum atomic E-state index is -3.70. The van der Waals surface area contributed by atoms with E-state index in [1.807, 2.05) is 6.26 Å². The van der Waals surface area contributed by atoms with Crippen LogP contribution in [0.4, 0.5) is 5.69 Å². The molecule has 24 heavy (non-hydrogen) atoms. The highest BCUT2D eigenvalue weighted by atomic mass is 32.2. The van der Waals surface area contributed by atoms with Crippen LogP contribution < -0.4 is 13.8 Å². The minimum absolute atomic E-state index is 0.142. The summed E-state index contributed by atoms with van der Waals surface area (Å²) < 4.78 is 38.0. The van der Waals surface area contributed by atoms with E-state index in [0.717, 1.165) is 4.90 Å². The number of sulfonamides is 1. The van der Waals surface area contributed by atoms with Gasteiger partial charge in [0.15, 0.2) is 11.5 Å². The van der Waals surface area contributed by atoms with Crippen molar-refractivity contribution in [3.8, 4) is 11.5 Å². The topological polar surface area (TPSA) is 55.8 Å². The predicted octanol–water partition coefficient (Wildman–Crippen LogP) is 3.52. The van der Waals surface area contributed by atoms with E-state index in [1.165, 1.54) is 4.31 Å². The first-order chi connectivity index (χ1) is 11.6. The van der Waals surface area contributed by atoms with Crippen molar-refractivity contribution in [2.45, 2.75) is 9.79 Å². The molecule has 0 aliphatic carbocycles. The molecule has 3 rings (SSSR count). The van der Waals surface area contributed by atoms with Crippen molar-refractivity contribution >= 4 is 27.5 Å². The monoisotopic (exact) mass is 363 g/mol. The molecule has 0 amide bonds. The van der Waals surface area contributed by atoms with Crippen LogP contribution in [0, 0.1) is 0 Å². The Morgan fingerprint density at radius 3 is 2.54 bits per heavy atom. The van der Waals surface area contributed by atoms with Gasteiger partial charge >= 0.3 is 0 Å². The third-order valence-corrected chi connectivity index (χ3v) is 6.14. The van der Waals surface area contributed by atoms with Crippen LogP contribution in [0.2, 0.25) is 0 Å². The molecule has 126 valence electrons. The molecular weight excluding hydrogens is 346 g/mol. The van der Waals surface area contributed by atoms with Gasteiger partial charge in [0.2, 0.25) is 6.79 Å². The van der Waals surface area contributed by atoms with E-state index in [9.17, 15) is 8.42 Å². The maximum atomic E-state index is 13.0. The van der Waals surface area contributed by atoms with Crippen molar-refractivity contribution in [2.75, 3.05) is 23.9 Å². The average molecular weight is 363 g/mol. The molecule has 1 aliphatic heterocycles. The minimum Gasteiger partial charge on any atom is -0.454 e. The summed E-state index contributed by atoms with van der Waals surface area (Å²) in [6, 6.07) is 11.9. The molecule has 0 bridgehead atoms. The largest absolute Gasteiger partial charge is 0.454 e. The highest BCUT2D eigenvalue weighted by Crippen LogP contribution is 2.37. The summed E-state index contributed by atoms with van der Waals surface area (Å²) >= 11 is 1.56. The fourth-order valence-corrected chi connectivity index (χ4v) is 4.21. The second-order valence-electron chi connectivity index (χ2n) is 5.04. The summed E-state index contributed by atoms with van der Waals surface area (Å²) in [6.45, 7) is 3.97. The molecule has 0 saturated heterocycles. The van der Waals surface area contributed by atoms with Crippen LogP contribution in [0.1, 0.15) is 0 Å². The van der Waals surface area contributed by atoms with Crippen LogP contribution in [0.25, 0.3) is 0 Å². The van der Waals surface area contributed by atoms with Crippen molar-refractivity contribution in [1.82, 2.24) is 0 Å². The van der Waals surface area contributed by atoms with Crippen LogP contribution in [0.3, 0.4) is 0 Å². The van der Waals surface area contributed by atoms with E-state index >= 15 is 0 Å². The summed E-state index contributed by atoms with van der Waals surface area (Å²) in [5.41, 5.74) is 0.507. The Hall–Kier alpha value is -2.12. The second kappa shape index (κ2) is 6.78. The first-order valence-electron chi connectivity index (χ1n) is 7.23. The van der Waals surface area contributed by atoms with E-state index in [2.05, 4.69) is 6.58 Å². The molecule has 0 aromatic heterocycles. The molecule has 0 N–H and O–H groups in total. The molecule has 5 nitrogen and oxygen atoms in total. The van der Waals surface area contributed by atoms with Gasteiger partial charge in [-0.25, -0.2) is 8.42 Å². The lowest BCUT2D eigenvalue weighted by molar-refractivity contribution is 0.174. The van der Waals surface area contributed by atoms with Crippen molar-refractivity contribution < 1.29 is 17.9 Å². The van der Waals surface area contributed by atoms with Gasteiger partial charge in [-0.15, -0.1) is 18.3 Å². The molecule has 7 heteroatoms. The zero-order chi connectivity index (χ0) is 17.2. The van der Waals surface area contributed by atoms with Crippen LogP contribution in [0.5, 0.6) is 11.5 Å². The molecule has 0 atom stereocenters. The lowest BCUT2D eigenvalue weighted by Crippen LogP contribution is -2.31. The number of thioether (sulfide) groups is 1. The van der Waals surface area contributed by atoms with Crippen molar-refractivity contribution in [3.05, 3.63) is 55.1 Å². The molecule has 0 fully saturated rings. The lowest BCUT2D eigenvalue weighted by atomic mass is 10.3. The van der Waals surface area contributed by atoms with Crippen molar-refractivity contribution in [2.24, 2.45) is 0 Å². The van der Waals surface area contributed by atoms with Gasteiger partial charge in [0.1, 0.15) is 0 Å². The molecule has 0 spiro atoms. The normalized spacial score (nSPS) is 12.9. The summed E-state index contributed by atoms with van der Waals surface area (Å²) in [6.07, 6.45) is 3.50. The average Bonchev–Trinajstić information content (AvgIpc) is 3.07. The maximum Gasteiger partial charge on any atom is 0.264 e. The van der Waals surface area contributed by atoms with Crippen molar-refractivity contribution in [3.63, 3.8) is 0 Å². The molecule has 2 aromatic carbocycles. The lowest BCUT2D eigenvalue weighted by Gasteiger charge is -2.23. The smallest absolute Gasteiger partial charge is 0.264 e. The molecule has 0 radical (unpaired) electrons. The van der Waals surface area contributed by atoms with E-state index < -0.39 is 10.0 Å². The van der Waals surface area contributed by atoms with Crippen LogP contribution in [-0.2, 0) is 10.0 Å². The Bertz CT molecular complexity index is 847.